The summed E-state index contributed by atoms with van der Waals surface area (Å²) < 4.78 is 8.73. The number of hydrogen-bond acceptors (Lipinski definition) is 7. The van der Waals surface area contributed by atoms with Gasteiger partial charge in [0.05, 0.1) is 28.5 Å². The molecule has 1 unspecified atom stereocenters. The van der Waals surface area contributed by atoms with Gasteiger partial charge in [0, 0.05) is 18.9 Å². The van der Waals surface area contributed by atoms with Crippen molar-refractivity contribution in [3.8, 4) is 6.07 Å². The molecule has 1 saturated heterocycles. The lowest BCUT2D eigenvalue weighted by Crippen LogP contribution is -2.33. The number of allylic oxidation sites excluding steroid dienone is 4. The van der Waals surface area contributed by atoms with Gasteiger partial charge in [-0.1, -0.05) is 30.9 Å². The summed E-state index contributed by atoms with van der Waals surface area (Å²) in [5, 5.41) is 21.5. The quantitative estimate of drug-likeness (QED) is 0.210. The Morgan fingerprint density at radius 2 is 2.24 bits per heavy atom. The number of amides is 1. The Hall–Kier alpha value is -4.69. The summed E-state index contributed by atoms with van der Waals surface area (Å²) in [7, 11) is 0. The first kappa shape index (κ1) is 25.4. The average molecular weight is 501 g/mol. The van der Waals surface area contributed by atoms with Crippen molar-refractivity contribution < 1.29 is 14.5 Å². The molecule has 1 atom stereocenters. The second kappa shape index (κ2) is 10.9. The van der Waals surface area contributed by atoms with Crippen molar-refractivity contribution in [2.45, 2.75) is 38.8 Å². The Labute approximate surface area is 211 Å². The molecule has 1 aliphatic heterocycles. The first-order chi connectivity index (χ1) is 17.8. The molecule has 4 rings (SSSR count). The minimum Gasteiger partial charge on any atom is -0.376 e. The fraction of sp³-hybridized carbons (Fsp3) is 0.269. The largest absolute Gasteiger partial charge is 0.376 e. The van der Waals surface area contributed by atoms with Crippen LogP contribution in [0.2, 0.25) is 0 Å². The number of aromatic nitrogens is 3. The van der Waals surface area contributed by atoms with E-state index in [1.54, 1.807) is 16.8 Å². The molecule has 11 nitrogen and oxygen atoms in total. The first-order valence-corrected chi connectivity index (χ1v) is 11.6. The van der Waals surface area contributed by atoms with Gasteiger partial charge in [-0.05, 0) is 37.5 Å². The van der Waals surface area contributed by atoms with Crippen molar-refractivity contribution in [3.63, 3.8) is 0 Å². The Morgan fingerprint density at radius 3 is 2.92 bits per heavy atom. The van der Waals surface area contributed by atoms with Crippen LogP contribution >= 0.6 is 0 Å². The van der Waals surface area contributed by atoms with Crippen molar-refractivity contribution in [2.75, 3.05) is 6.61 Å². The molecule has 1 amide bonds. The number of nitriles is 1. The van der Waals surface area contributed by atoms with Gasteiger partial charge in [-0.15, -0.1) is 0 Å². The minimum atomic E-state index is -0.819. The molecular weight excluding hydrogens is 476 g/mol. The van der Waals surface area contributed by atoms with Gasteiger partial charge in [0.1, 0.15) is 23.8 Å². The summed E-state index contributed by atoms with van der Waals surface area (Å²) in [6.07, 6.45) is 7.90. The maximum absolute atomic E-state index is 13.4. The maximum atomic E-state index is 13.4. The second-order valence-electron chi connectivity index (χ2n) is 8.50. The molecule has 1 aliphatic rings. The van der Waals surface area contributed by atoms with Crippen LogP contribution in [0.5, 0.6) is 0 Å². The molecule has 188 valence electrons. The van der Waals surface area contributed by atoms with Crippen LogP contribution < -0.4 is 11.0 Å². The van der Waals surface area contributed by atoms with E-state index in [9.17, 15) is 25.0 Å². The molecule has 0 aromatic carbocycles. The molecule has 0 spiro atoms. The van der Waals surface area contributed by atoms with Gasteiger partial charge in [-0.3, -0.25) is 24.1 Å². The van der Waals surface area contributed by atoms with Crippen molar-refractivity contribution in [1.82, 2.24) is 14.0 Å². The fourth-order valence-corrected chi connectivity index (χ4v) is 4.20. The lowest BCUT2D eigenvalue weighted by Gasteiger charge is -2.17. The zero-order valence-electron chi connectivity index (χ0n) is 20.2. The van der Waals surface area contributed by atoms with Crippen molar-refractivity contribution in [2.24, 2.45) is 4.99 Å². The Morgan fingerprint density at radius 1 is 1.43 bits per heavy atom. The summed E-state index contributed by atoms with van der Waals surface area (Å²) in [5.74, 6) is -0.819. The van der Waals surface area contributed by atoms with Crippen LogP contribution in [0.15, 0.2) is 70.8 Å². The topological polar surface area (TPSA) is 145 Å². The van der Waals surface area contributed by atoms with Gasteiger partial charge in [0.2, 0.25) is 0 Å². The van der Waals surface area contributed by atoms with E-state index in [1.807, 2.05) is 19.1 Å². The number of fused-ring (bicyclic) bond motifs is 2. The van der Waals surface area contributed by atoms with Gasteiger partial charge in [-0.25, -0.2) is 4.98 Å². The monoisotopic (exact) mass is 500 g/mol. The highest BCUT2D eigenvalue weighted by atomic mass is 16.6. The summed E-state index contributed by atoms with van der Waals surface area (Å²) in [6.45, 7) is 6.09. The van der Waals surface area contributed by atoms with Gasteiger partial charge in [0.15, 0.2) is 5.49 Å². The number of nitrogens with zero attached hydrogens (tertiary/aromatic N) is 6. The number of ether oxygens (including phenoxy) is 1. The van der Waals surface area contributed by atoms with Crippen LogP contribution in [-0.4, -0.2) is 37.5 Å². The number of aryl methyl sites for hydroxylation is 1. The van der Waals surface area contributed by atoms with Gasteiger partial charge in [0.25, 0.3) is 17.2 Å². The second-order valence-corrected chi connectivity index (χ2v) is 8.50. The van der Waals surface area contributed by atoms with Crippen molar-refractivity contribution in [1.29, 1.82) is 5.26 Å². The molecule has 3 aromatic heterocycles. The highest BCUT2D eigenvalue weighted by molar-refractivity contribution is 5.81. The minimum absolute atomic E-state index is 0.0235. The molecule has 4 heterocycles. The predicted octanol–water partition coefficient (Wildman–Crippen LogP) is 2.73. The van der Waals surface area contributed by atoms with Crippen LogP contribution in [0.4, 0.5) is 0 Å². The molecule has 3 aromatic rings. The van der Waals surface area contributed by atoms with E-state index in [0.29, 0.717) is 12.3 Å². The zero-order valence-corrected chi connectivity index (χ0v) is 20.2. The van der Waals surface area contributed by atoms with E-state index in [0.717, 1.165) is 18.4 Å². The van der Waals surface area contributed by atoms with E-state index in [2.05, 4.69) is 11.6 Å². The molecule has 11 heteroatoms. The van der Waals surface area contributed by atoms with Gasteiger partial charge < -0.3 is 9.30 Å². The lowest BCUT2D eigenvalue weighted by atomic mass is 10.2. The van der Waals surface area contributed by atoms with Gasteiger partial charge >= 0.3 is 0 Å². The maximum Gasteiger partial charge on any atom is 0.267 e. The normalized spacial score (nSPS) is 16.5. The van der Waals surface area contributed by atoms with Crippen LogP contribution in [0, 0.1) is 28.4 Å². The average Bonchev–Trinajstić information content (AvgIpc) is 3.39. The van der Waals surface area contributed by atoms with E-state index in [4.69, 9.17) is 9.72 Å². The number of carbonyl (C=O) groups excluding carboxylic acids is 1. The van der Waals surface area contributed by atoms with Gasteiger partial charge in [-0.2, -0.15) is 10.3 Å². The van der Waals surface area contributed by atoms with E-state index < -0.39 is 17.3 Å². The number of rotatable bonds is 7. The molecule has 0 saturated carbocycles. The molecule has 37 heavy (non-hydrogen) atoms. The highest BCUT2D eigenvalue weighted by Crippen LogP contribution is 2.18. The lowest BCUT2D eigenvalue weighted by molar-refractivity contribution is -0.426. The predicted molar refractivity (Wildman–Crippen MR) is 135 cm³/mol. The summed E-state index contributed by atoms with van der Waals surface area (Å²) in [6, 6.07) is 6.92. The van der Waals surface area contributed by atoms with Crippen LogP contribution in [0.25, 0.3) is 16.7 Å². The van der Waals surface area contributed by atoms with E-state index >= 15 is 0 Å². The van der Waals surface area contributed by atoms with Crippen LogP contribution in [0.3, 0.4) is 0 Å². The number of nitro groups is 1. The van der Waals surface area contributed by atoms with Crippen LogP contribution in [0.1, 0.15) is 30.4 Å². The van der Waals surface area contributed by atoms with Crippen molar-refractivity contribution >= 4 is 22.6 Å². The summed E-state index contributed by atoms with van der Waals surface area (Å²) >= 11 is 0. The SMILES string of the molecule is C=C/C=C/C=C(/CC(=O)N=c1c(C#N)cc2c(=O)n3cccc(C)c3nc2n1CC1CCCO1)[N+](=O)[O-]. The molecule has 0 aliphatic carbocycles. The van der Waals surface area contributed by atoms with Crippen LogP contribution in [-0.2, 0) is 16.1 Å². The Bertz CT molecular complexity index is 1650. The number of hydrogen-bond donors (Lipinski definition) is 0. The fourth-order valence-electron chi connectivity index (χ4n) is 4.20. The Kier molecular flexibility index (Phi) is 7.50. The standard InChI is InChI=1S/C26H24N6O5/c1-3-4-5-9-19(32(35)36)14-22(33)28-24-18(15-27)13-21-25(31(24)16-20-10-7-12-37-20)29-23-17(2)8-6-11-30(23)26(21)34/h3-6,8-9,11,13,20H,1,7,10,12,14,16H2,2H3/b5-4+,19-9-,28-24?. The third kappa shape index (κ3) is 5.29. The smallest absolute Gasteiger partial charge is 0.267 e. The molecule has 0 N–H and O–H groups in total. The third-order valence-electron chi connectivity index (χ3n) is 5.97. The Balaban J connectivity index is 1.97. The highest BCUT2D eigenvalue weighted by Gasteiger charge is 2.22. The molecular formula is C26H24N6O5. The summed E-state index contributed by atoms with van der Waals surface area (Å²) in [5.41, 5.74) is 0.655. The molecule has 1 fully saturated rings. The van der Waals surface area contributed by atoms with E-state index in [-0.39, 0.29) is 46.0 Å². The number of pyridine rings is 2. The van der Waals surface area contributed by atoms with E-state index in [1.165, 1.54) is 34.8 Å². The third-order valence-corrected chi connectivity index (χ3v) is 5.97. The van der Waals surface area contributed by atoms with Crippen molar-refractivity contribution in [3.05, 3.63) is 98.1 Å². The number of carbonyl (C=O) groups is 1. The molecule has 0 bridgehead atoms. The first-order valence-electron chi connectivity index (χ1n) is 11.6. The molecule has 0 radical (unpaired) electrons. The summed E-state index contributed by atoms with van der Waals surface area (Å²) in [4.78, 5) is 45.8. The zero-order chi connectivity index (χ0) is 26.5.